The van der Waals surface area contributed by atoms with Crippen LogP contribution in [0, 0.1) is 0 Å². The van der Waals surface area contributed by atoms with Crippen LogP contribution in [-0.4, -0.2) is 37.6 Å². The topological polar surface area (TPSA) is 59.9 Å². The van der Waals surface area contributed by atoms with Crippen LogP contribution in [-0.2, 0) is 4.79 Å². The average Bonchev–Trinajstić information content (AvgIpc) is 2.97. The summed E-state index contributed by atoms with van der Waals surface area (Å²) < 4.78 is 10.3. The lowest BCUT2D eigenvalue weighted by Crippen LogP contribution is -2.25. The summed E-state index contributed by atoms with van der Waals surface area (Å²) >= 11 is 1.55. The minimum absolute atomic E-state index is 0.195. The molecule has 0 aromatic heterocycles. The predicted molar refractivity (Wildman–Crippen MR) is 81.5 cm³/mol. The second-order valence-corrected chi connectivity index (χ2v) is 5.09. The van der Waals surface area contributed by atoms with Gasteiger partial charge < -0.3 is 14.8 Å². The maximum atomic E-state index is 11.7. The fourth-order valence-electron chi connectivity index (χ4n) is 1.66. The molecule has 1 N–H and O–H groups in total. The number of rotatable bonds is 4. The minimum Gasteiger partial charge on any atom is -0.497 e. The third kappa shape index (κ3) is 4.03. The molecule has 1 aliphatic rings. The molecule has 0 unspecified atom stereocenters. The molecule has 1 amide bonds. The highest BCUT2D eigenvalue weighted by molar-refractivity contribution is 8.14. The highest BCUT2D eigenvalue weighted by Gasteiger charge is 2.08. The molecule has 0 saturated heterocycles. The standard InChI is InChI=1S/C14H16N2O3S/c1-18-11-7-10(8-12(9-11)19-2)3-4-13(17)16-14-15-5-6-20-14/h3-4,7-9H,5-6H2,1-2H3,(H,15,16,17). The minimum atomic E-state index is -0.195. The molecule has 106 valence electrons. The first-order valence-electron chi connectivity index (χ1n) is 6.10. The zero-order chi connectivity index (χ0) is 14.4. The molecule has 1 aromatic carbocycles. The van der Waals surface area contributed by atoms with E-state index >= 15 is 0 Å². The Morgan fingerprint density at radius 3 is 2.55 bits per heavy atom. The zero-order valence-corrected chi connectivity index (χ0v) is 12.2. The van der Waals surface area contributed by atoms with E-state index in [2.05, 4.69) is 10.3 Å². The van der Waals surface area contributed by atoms with Gasteiger partial charge in [0, 0.05) is 17.9 Å². The van der Waals surface area contributed by atoms with Gasteiger partial charge in [0.1, 0.15) is 11.5 Å². The van der Waals surface area contributed by atoms with Gasteiger partial charge in [0.2, 0.25) is 5.91 Å². The molecule has 0 radical (unpaired) electrons. The third-order valence-corrected chi connectivity index (χ3v) is 3.51. The van der Waals surface area contributed by atoms with Crippen molar-refractivity contribution >= 4 is 28.9 Å². The molecule has 1 aromatic rings. The number of nitrogens with zero attached hydrogens (tertiary/aromatic N) is 1. The highest BCUT2D eigenvalue weighted by Crippen LogP contribution is 2.23. The summed E-state index contributed by atoms with van der Waals surface area (Å²) in [5.74, 6) is 2.09. The lowest BCUT2D eigenvalue weighted by molar-refractivity contribution is -0.115. The van der Waals surface area contributed by atoms with Crippen molar-refractivity contribution in [3.05, 3.63) is 29.8 Å². The highest BCUT2D eigenvalue weighted by atomic mass is 32.2. The van der Waals surface area contributed by atoms with Crippen LogP contribution in [0.15, 0.2) is 29.3 Å². The molecular formula is C14H16N2O3S. The van der Waals surface area contributed by atoms with Crippen molar-refractivity contribution in [1.29, 1.82) is 0 Å². The monoisotopic (exact) mass is 292 g/mol. The van der Waals surface area contributed by atoms with Gasteiger partial charge in [-0.25, -0.2) is 0 Å². The molecule has 0 saturated carbocycles. The van der Waals surface area contributed by atoms with Gasteiger partial charge in [0.05, 0.1) is 20.8 Å². The van der Waals surface area contributed by atoms with Crippen molar-refractivity contribution in [2.24, 2.45) is 4.99 Å². The first-order valence-corrected chi connectivity index (χ1v) is 7.09. The van der Waals surface area contributed by atoms with E-state index in [1.54, 1.807) is 38.1 Å². The van der Waals surface area contributed by atoms with Crippen LogP contribution in [0.4, 0.5) is 0 Å². The lowest BCUT2D eigenvalue weighted by Gasteiger charge is -2.05. The first kappa shape index (κ1) is 14.5. The van der Waals surface area contributed by atoms with E-state index in [0.717, 1.165) is 17.9 Å². The van der Waals surface area contributed by atoms with E-state index in [0.29, 0.717) is 16.7 Å². The summed E-state index contributed by atoms with van der Waals surface area (Å²) in [5.41, 5.74) is 0.831. The smallest absolute Gasteiger partial charge is 0.249 e. The number of nitrogens with one attached hydrogen (secondary N) is 1. The van der Waals surface area contributed by atoms with Gasteiger partial charge >= 0.3 is 0 Å². The van der Waals surface area contributed by atoms with Crippen molar-refractivity contribution in [2.45, 2.75) is 0 Å². The number of amidine groups is 1. The zero-order valence-electron chi connectivity index (χ0n) is 11.4. The summed E-state index contributed by atoms with van der Waals surface area (Å²) in [6.07, 6.45) is 3.18. The molecule has 0 bridgehead atoms. The number of hydrogen-bond donors (Lipinski definition) is 1. The maximum Gasteiger partial charge on any atom is 0.249 e. The molecule has 2 rings (SSSR count). The van der Waals surface area contributed by atoms with Crippen LogP contribution in [0.1, 0.15) is 5.56 Å². The maximum absolute atomic E-state index is 11.7. The van der Waals surface area contributed by atoms with E-state index in [1.807, 2.05) is 12.1 Å². The Hall–Kier alpha value is -1.95. The molecule has 0 fully saturated rings. The van der Waals surface area contributed by atoms with E-state index in [1.165, 1.54) is 6.08 Å². The Kier molecular flexibility index (Phi) is 5.06. The summed E-state index contributed by atoms with van der Waals surface area (Å²) in [7, 11) is 3.18. The Morgan fingerprint density at radius 1 is 1.30 bits per heavy atom. The van der Waals surface area contributed by atoms with Crippen LogP contribution >= 0.6 is 11.8 Å². The van der Waals surface area contributed by atoms with Crippen LogP contribution < -0.4 is 14.8 Å². The number of carbonyl (C=O) groups is 1. The van der Waals surface area contributed by atoms with Gasteiger partial charge in [-0.15, -0.1) is 0 Å². The number of aliphatic imine (C=N–C) groups is 1. The van der Waals surface area contributed by atoms with Crippen molar-refractivity contribution in [2.75, 3.05) is 26.5 Å². The van der Waals surface area contributed by atoms with Crippen molar-refractivity contribution in [3.63, 3.8) is 0 Å². The van der Waals surface area contributed by atoms with Crippen LogP contribution in [0.5, 0.6) is 11.5 Å². The Morgan fingerprint density at radius 2 is 2.00 bits per heavy atom. The van der Waals surface area contributed by atoms with Gasteiger partial charge in [0.15, 0.2) is 5.17 Å². The number of methoxy groups -OCH3 is 2. The molecule has 0 spiro atoms. The van der Waals surface area contributed by atoms with E-state index in [4.69, 9.17) is 9.47 Å². The molecule has 0 aliphatic carbocycles. The Bertz CT molecular complexity index is 533. The van der Waals surface area contributed by atoms with Crippen molar-refractivity contribution < 1.29 is 14.3 Å². The fraction of sp³-hybridized carbons (Fsp3) is 0.286. The van der Waals surface area contributed by atoms with Gasteiger partial charge in [-0.05, 0) is 23.8 Å². The molecule has 0 atom stereocenters. The number of hydrogen-bond acceptors (Lipinski definition) is 5. The van der Waals surface area contributed by atoms with Gasteiger partial charge in [-0.1, -0.05) is 11.8 Å². The Labute approximate surface area is 122 Å². The van der Waals surface area contributed by atoms with Crippen LogP contribution in [0.25, 0.3) is 6.08 Å². The summed E-state index contributed by atoms with van der Waals surface area (Å²) in [4.78, 5) is 15.9. The number of carbonyl (C=O) groups excluding carboxylic acids is 1. The fourth-order valence-corrected chi connectivity index (χ4v) is 2.39. The molecule has 1 aliphatic heterocycles. The molecule has 1 heterocycles. The number of amides is 1. The van der Waals surface area contributed by atoms with Crippen molar-refractivity contribution in [3.8, 4) is 11.5 Å². The van der Waals surface area contributed by atoms with E-state index in [-0.39, 0.29) is 5.91 Å². The number of ether oxygens (including phenoxy) is 2. The number of benzene rings is 1. The SMILES string of the molecule is COc1cc(C=CC(=O)NC2=NCCS2)cc(OC)c1. The second-order valence-electron chi connectivity index (χ2n) is 4.00. The van der Waals surface area contributed by atoms with Crippen LogP contribution in [0.3, 0.4) is 0 Å². The second kappa shape index (κ2) is 7.00. The normalized spacial score (nSPS) is 14.2. The molecule has 6 heteroatoms. The quantitative estimate of drug-likeness (QED) is 0.862. The van der Waals surface area contributed by atoms with Crippen molar-refractivity contribution in [1.82, 2.24) is 5.32 Å². The van der Waals surface area contributed by atoms with Gasteiger partial charge in [-0.2, -0.15) is 0 Å². The first-order chi connectivity index (χ1) is 9.71. The van der Waals surface area contributed by atoms with E-state index in [9.17, 15) is 4.79 Å². The summed E-state index contributed by atoms with van der Waals surface area (Å²) in [5, 5.41) is 3.41. The summed E-state index contributed by atoms with van der Waals surface area (Å²) in [6.45, 7) is 0.761. The number of thioether (sulfide) groups is 1. The molecular weight excluding hydrogens is 276 g/mol. The predicted octanol–water partition coefficient (Wildman–Crippen LogP) is 1.94. The molecule has 20 heavy (non-hydrogen) atoms. The largest absolute Gasteiger partial charge is 0.497 e. The average molecular weight is 292 g/mol. The lowest BCUT2D eigenvalue weighted by atomic mass is 10.2. The summed E-state index contributed by atoms with van der Waals surface area (Å²) in [6, 6.07) is 5.43. The van der Waals surface area contributed by atoms with E-state index < -0.39 is 0 Å². The van der Waals surface area contributed by atoms with Gasteiger partial charge in [-0.3, -0.25) is 9.79 Å². The molecule has 5 nitrogen and oxygen atoms in total. The third-order valence-electron chi connectivity index (χ3n) is 2.62. The van der Waals surface area contributed by atoms with Crippen LogP contribution in [0.2, 0.25) is 0 Å². The Balaban J connectivity index is 2.04. The van der Waals surface area contributed by atoms with Gasteiger partial charge in [0.25, 0.3) is 0 Å².